The van der Waals surface area contributed by atoms with Crippen molar-refractivity contribution in [3.05, 3.63) is 53.1 Å². The minimum absolute atomic E-state index is 0.360. The van der Waals surface area contributed by atoms with Crippen molar-refractivity contribution in [1.29, 1.82) is 0 Å². The Bertz CT molecular complexity index is 722. The number of alkyl halides is 1. The van der Waals surface area contributed by atoms with Gasteiger partial charge in [0.25, 0.3) is 0 Å². The fraction of sp³-hybridized carbons (Fsp3) is 0.375. The number of para-hydroxylation sites is 1. The molecule has 1 aromatic heterocycles. The standard InChI is InChI=1S/C16H18FN3O3/c1-2-11-14(21)13(17)15(23-11)20-9-8-12(19-16(20)22)18-10-6-4-3-5-7-10/h3-9,11,13-15,21H,2H2,1H3,(H,18,19,22)/t11-,13?,14+,15-/m1/s1. The Morgan fingerprint density at radius 1 is 1.35 bits per heavy atom. The van der Waals surface area contributed by atoms with E-state index >= 15 is 0 Å². The number of halogens is 1. The van der Waals surface area contributed by atoms with Gasteiger partial charge in [-0.15, -0.1) is 0 Å². The van der Waals surface area contributed by atoms with Crippen molar-refractivity contribution in [3.8, 4) is 0 Å². The number of aromatic nitrogens is 2. The number of hydrogen-bond acceptors (Lipinski definition) is 5. The molecule has 7 heteroatoms. The van der Waals surface area contributed by atoms with Gasteiger partial charge in [-0.25, -0.2) is 9.18 Å². The molecule has 0 saturated carbocycles. The zero-order chi connectivity index (χ0) is 16.4. The number of nitrogens with one attached hydrogen (secondary N) is 1. The Morgan fingerprint density at radius 2 is 2.09 bits per heavy atom. The number of benzene rings is 1. The third-order valence-electron chi connectivity index (χ3n) is 3.85. The predicted octanol–water partition coefficient (Wildman–Crippen LogP) is 1.99. The zero-order valence-electron chi connectivity index (χ0n) is 12.6. The number of aliphatic hydroxyl groups excluding tert-OH is 1. The van der Waals surface area contributed by atoms with Gasteiger partial charge in [0.05, 0.1) is 6.10 Å². The fourth-order valence-corrected chi connectivity index (χ4v) is 2.61. The number of anilines is 2. The van der Waals surface area contributed by atoms with E-state index in [4.69, 9.17) is 4.74 Å². The van der Waals surface area contributed by atoms with Gasteiger partial charge < -0.3 is 15.2 Å². The van der Waals surface area contributed by atoms with Crippen molar-refractivity contribution < 1.29 is 14.2 Å². The number of hydrogen-bond donors (Lipinski definition) is 2. The molecule has 2 heterocycles. The highest BCUT2D eigenvalue weighted by Gasteiger charge is 2.44. The summed E-state index contributed by atoms with van der Waals surface area (Å²) in [4.78, 5) is 16.0. The van der Waals surface area contributed by atoms with Gasteiger partial charge >= 0.3 is 5.69 Å². The third-order valence-corrected chi connectivity index (χ3v) is 3.85. The van der Waals surface area contributed by atoms with Gasteiger partial charge in [-0.3, -0.25) is 4.57 Å². The monoisotopic (exact) mass is 319 g/mol. The van der Waals surface area contributed by atoms with Crippen LogP contribution in [0.1, 0.15) is 19.6 Å². The molecule has 23 heavy (non-hydrogen) atoms. The second-order valence-corrected chi connectivity index (χ2v) is 5.40. The van der Waals surface area contributed by atoms with Gasteiger partial charge in [-0.05, 0) is 24.6 Å². The molecule has 6 nitrogen and oxygen atoms in total. The second kappa shape index (κ2) is 6.47. The maximum Gasteiger partial charge on any atom is 0.351 e. The number of ether oxygens (including phenoxy) is 1. The van der Waals surface area contributed by atoms with Crippen LogP contribution < -0.4 is 11.0 Å². The molecule has 0 amide bonds. The lowest BCUT2D eigenvalue weighted by Gasteiger charge is -2.16. The first kappa shape index (κ1) is 15.6. The third kappa shape index (κ3) is 3.11. The second-order valence-electron chi connectivity index (χ2n) is 5.40. The lowest BCUT2D eigenvalue weighted by Crippen LogP contribution is -2.33. The number of nitrogens with zero attached hydrogens (tertiary/aromatic N) is 2. The van der Waals surface area contributed by atoms with Crippen molar-refractivity contribution in [2.45, 2.75) is 38.0 Å². The summed E-state index contributed by atoms with van der Waals surface area (Å²) in [5.41, 5.74) is 0.154. The number of aliphatic hydroxyl groups is 1. The van der Waals surface area contributed by atoms with Crippen LogP contribution in [0.2, 0.25) is 0 Å². The minimum Gasteiger partial charge on any atom is -0.387 e. The van der Waals surface area contributed by atoms with Crippen molar-refractivity contribution in [2.75, 3.05) is 5.32 Å². The molecule has 2 aromatic rings. The summed E-state index contributed by atoms with van der Waals surface area (Å²) in [6.07, 6.45) is -2.78. The van der Waals surface area contributed by atoms with E-state index < -0.39 is 30.3 Å². The Labute approximate surface area is 132 Å². The van der Waals surface area contributed by atoms with Crippen molar-refractivity contribution in [1.82, 2.24) is 9.55 Å². The average Bonchev–Trinajstić information content (AvgIpc) is 2.84. The van der Waals surface area contributed by atoms with Gasteiger partial charge in [0.15, 0.2) is 12.4 Å². The molecule has 4 atom stereocenters. The SMILES string of the molecule is CC[C@H]1O[C@@H](n2ccc(Nc3ccccc3)nc2=O)C(F)[C@H]1O. The number of rotatable bonds is 4. The molecule has 2 N–H and O–H groups in total. The Morgan fingerprint density at radius 3 is 2.70 bits per heavy atom. The van der Waals surface area contributed by atoms with Crippen molar-refractivity contribution >= 4 is 11.5 Å². The topological polar surface area (TPSA) is 76.4 Å². The maximum atomic E-state index is 14.2. The molecule has 1 aliphatic heterocycles. The first-order valence-electron chi connectivity index (χ1n) is 7.49. The summed E-state index contributed by atoms with van der Waals surface area (Å²) in [5, 5.41) is 12.8. The first-order chi connectivity index (χ1) is 11.1. The zero-order valence-corrected chi connectivity index (χ0v) is 12.6. The van der Waals surface area contributed by atoms with Crippen LogP contribution >= 0.6 is 0 Å². The summed E-state index contributed by atoms with van der Waals surface area (Å²) in [6.45, 7) is 1.79. The highest BCUT2D eigenvalue weighted by Crippen LogP contribution is 2.32. The van der Waals surface area contributed by atoms with Crippen LogP contribution in [-0.4, -0.2) is 33.0 Å². The van der Waals surface area contributed by atoms with E-state index in [0.29, 0.717) is 12.2 Å². The Kier molecular flexibility index (Phi) is 4.40. The van der Waals surface area contributed by atoms with Crippen LogP contribution in [0.15, 0.2) is 47.4 Å². The molecule has 0 aliphatic carbocycles. The Balaban J connectivity index is 1.82. The molecular formula is C16H18FN3O3. The van der Waals surface area contributed by atoms with E-state index in [9.17, 15) is 14.3 Å². The summed E-state index contributed by atoms with van der Waals surface area (Å²) in [5.74, 6) is 0.360. The summed E-state index contributed by atoms with van der Waals surface area (Å²) >= 11 is 0. The van der Waals surface area contributed by atoms with Crippen molar-refractivity contribution in [3.63, 3.8) is 0 Å². The normalized spacial score (nSPS) is 27.1. The minimum atomic E-state index is -1.66. The van der Waals surface area contributed by atoms with E-state index in [1.54, 1.807) is 13.0 Å². The molecule has 1 unspecified atom stereocenters. The molecule has 1 fully saturated rings. The molecular weight excluding hydrogens is 301 g/mol. The smallest absolute Gasteiger partial charge is 0.351 e. The van der Waals surface area contributed by atoms with Gasteiger partial charge in [-0.2, -0.15) is 4.98 Å². The van der Waals surface area contributed by atoms with Crippen LogP contribution in [0.5, 0.6) is 0 Å². The molecule has 1 aliphatic rings. The fourth-order valence-electron chi connectivity index (χ4n) is 2.61. The van der Waals surface area contributed by atoms with Gasteiger partial charge in [0.2, 0.25) is 0 Å². The quantitative estimate of drug-likeness (QED) is 0.901. The molecule has 0 bridgehead atoms. The van der Waals surface area contributed by atoms with E-state index in [-0.39, 0.29) is 0 Å². The Hall–Kier alpha value is -2.25. The first-order valence-corrected chi connectivity index (χ1v) is 7.49. The van der Waals surface area contributed by atoms with Gasteiger partial charge in [0, 0.05) is 11.9 Å². The average molecular weight is 319 g/mol. The van der Waals surface area contributed by atoms with Crippen LogP contribution in [0.4, 0.5) is 15.9 Å². The van der Waals surface area contributed by atoms with Gasteiger partial charge in [0.1, 0.15) is 11.9 Å². The molecule has 0 radical (unpaired) electrons. The van der Waals surface area contributed by atoms with E-state index in [2.05, 4.69) is 10.3 Å². The predicted molar refractivity (Wildman–Crippen MR) is 83.3 cm³/mol. The lowest BCUT2D eigenvalue weighted by molar-refractivity contribution is -0.0279. The summed E-state index contributed by atoms with van der Waals surface area (Å²) < 4.78 is 20.7. The largest absolute Gasteiger partial charge is 0.387 e. The molecule has 3 rings (SSSR count). The molecule has 122 valence electrons. The summed E-state index contributed by atoms with van der Waals surface area (Å²) in [6, 6.07) is 10.8. The molecule has 1 saturated heterocycles. The lowest BCUT2D eigenvalue weighted by atomic mass is 10.1. The molecule has 0 spiro atoms. The maximum absolute atomic E-state index is 14.2. The van der Waals surface area contributed by atoms with Crippen LogP contribution in [0, 0.1) is 0 Å². The highest BCUT2D eigenvalue weighted by molar-refractivity contribution is 5.54. The summed E-state index contributed by atoms with van der Waals surface area (Å²) in [7, 11) is 0. The van der Waals surface area contributed by atoms with Crippen LogP contribution in [0.25, 0.3) is 0 Å². The van der Waals surface area contributed by atoms with Crippen LogP contribution in [-0.2, 0) is 4.74 Å². The molecule has 1 aromatic carbocycles. The van der Waals surface area contributed by atoms with E-state index in [0.717, 1.165) is 10.3 Å². The van der Waals surface area contributed by atoms with E-state index in [1.165, 1.54) is 6.20 Å². The highest BCUT2D eigenvalue weighted by atomic mass is 19.1. The van der Waals surface area contributed by atoms with Crippen LogP contribution in [0.3, 0.4) is 0 Å². The van der Waals surface area contributed by atoms with Crippen molar-refractivity contribution in [2.24, 2.45) is 0 Å². The van der Waals surface area contributed by atoms with Gasteiger partial charge in [-0.1, -0.05) is 25.1 Å². The van der Waals surface area contributed by atoms with E-state index in [1.807, 2.05) is 30.3 Å².